The Morgan fingerprint density at radius 3 is 2.48 bits per heavy atom. The quantitative estimate of drug-likeness (QED) is 0.510. The lowest BCUT2D eigenvalue weighted by Crippen LogP contribution is -2.31. The molecule has 0 bridgehead atoms. The number of benzene rings is 1. The van der Waals surface area contributed by atoms with E-state index in [4.69, 9.17) is 12.2 Å². The van der Waals surface area contributed by atoms with Crippen molar-refractivity contribution in [3.8, 4) is 0 Å². The van der Waals surface area contributed by atoms with Crippen LogP contribution in [0.3, 0.4) is 0 Å². The molecule has 5 heteroatoms. The highest BCUT2D eigenvalue weighted by molar-refractivity contribution is 7.80. The highest BCUT2D eigenvalue weighted by Crippen LogP contribution is 2.19. The van der Waals surface area contributed by atoms with Gasteiger partial charge >= 0.3 is 0 Å². The Kier molecular flexibility index (Phi) is 6.47. The van der Waals surface area contributed by atoms with Gasteiger partial charge in [0.15, 0.2) is 5.11 Å². The Labute approximate surface area is 132 Å². The van der Waals surface area contributed by atoms with Crippen molar-refractivity contribution >= 4 is 29.2 Å². The minimum absolute atomic E-state index is 0.551. The predicted molar refractivity (Wildman–Crippen MR) is 94.1 cm³/mol. The molecule has 0 aromatic heterocycles. The molecule has 0 radical (unpaired) electrons. The van der Waals surface area contributed by atoms with E-state index in [1.54, 1.807) is 6.21 Å². The third kappa shape index (κ3) is 5.34. The molecule has 1 aromatic carbocycles. The summed E-state index contributed by atoms with van der Waals surface area (Å²) in [4.78, 5) is 2.48. The van der Waals surface area contributed by atoms with Crippen molar-refractivity contribution < 1.29 is 0 Å². The van der Waals surface area contributed by atoms with Crippen LogP contribution in [0.2, 0.25) is 0 Å². The van der Waals surface area contributed by atoms with E-state index >= 15 is 0 Å². The van der Waals surface area contributed by atoms with E-state index in [1.807, 2.05) is 6.92 Å². The molecule has 1 aliphatic heterocycles. The molecule has 0 unspecified atom stereocenters. The fourth-order valence-electron chi connectivity index (χ4n) is 2.47. The zero-order chi connectivity index (χ0) is 14.9. The van der Waals surface area contributed by atoms with Crippen LogP contribution in [-0.4, -0.2) is 31.0 Å². The summed E-state index contributed by atoms with van der Waals surface area (Å²) in [5, 5.41) is 7.67. The number of hydrogen-bond acceptors (Lipinski definition) is 3. The molecule has 0 spiro atoms. The molecule has 2 rings (SSSR count). The van der Waals surface area contributed by atoms with E-state index in [9.17, 15) is 0 Å². The number of nitrogens with one attached hydrogen (secondary N) is 2. The molecule has 4 nitrogen and oxygen atoms in total. The lowest BCUT2D eigenvalue weighted by Gasteiger charge is -2.22. The van der Waals surface area contributed by atoms with Crippen molar-refractivity contribution in [3.63, 3.8) is 0 Å². The third-order valence-corrected chi connectivity index (χ3v) is 3.82. The summed E-state index contributed by atoms with van der Waals surface area (Å²) in [6, 6.07) is 8.55. The molecule has 1 heterocycles. The summed E-state index contributed by atoms with van der Waals surface area (Å²) in [6.07, 6.45) is 7.11. The number of anilines is 1. The zero-order valence-electron chi connectivity index (χ0n) is 12.6. The normalized spacial score (nSPS) is 15.8. The summed E-state index contributed by atoms with van der Waals surface area (Å²) >= 11 is 5.04. The summed E-state index contributed by atoms with van der Waals surface area (Å²) in [6.45, 7) is 5.14. The fraction of sp³-hybridized carbons (Fsp3) is 0.500. The molecule has 2 N–H and O–H groups in total. The molecule has 1 fully saturated rings. The lowest BCUT2D eigenvalue weighted by atomic mass is 10.2. The zero-order valence-corrected chi connectivity index (χ0v) is 13.5. The van der Waals surface area contributed by atoms with E-state index in [0.717, 1.165) is 12.1 Å². The molecule has 1 aliphatic rings. The van der Waals surface area contributed by atoms with Gasteiger partial charge < -0.3 is 10.2 Å². The maximum atomic E-state index is 5.04. The molecule has 0 saturated carbocycles. The molecule has 0 atom stereocenters. The topological polar surface area (TPSA) is 39.7 Å². The van der Waals surface area contributed by atoms with Gasteiger partial charge in [0.05, 0.1) is 6.21 Å². The molecule has 0 aliphatic carbocycles. The Balaban J connectivity index is 1.89. The molecule has 0 amide bonds. The van der Waals surface area contributed by atoms with E-state index in [-0.39, 0.29) is 0 Å². The maximum Gasteiger partial charge on any atom is 0.186 e. The second kappa shape index (κ2) is 8.62. The first-order valence-electron chi connectivity index (χ1n) is 7.71. The van der Waals surface area contributed by atoms with Crippen LogP contribution in [0.5, 0.6) is 0 Å². The maximum absolute atomic E-state index is 5.04. The van der Waals surface area contributed by atoms with Gasteiger partial charge in [-0.3, -0.25) is 5.43 Å². The first-order chi connectivity index (χ1) is 10.3. The van der Waals surface area contributed by atoms with Crippen molar-refractivity contribution in [2.75, 3.05) is 24.5 Å². The number of thiocarbonyl (C=S) groups is 1. The molecule has 1 saturated heterocycles. The van der Waals surface area contributed by atoms with E-state index in [1.165, 1.54) is 44.5 Å². The Morgan fingerprint density at radius 1 is 1.19 bits per heavy atom. The Hall–Kier alpha value is -1.62. The van der Waals surface area contributed by atoms with Crippen LogP contribution in [0.15, 0.2) is 29.4 Å². The Morgan fingerprint density at radius 2 is 1.86 bits per heavy atom. The average Bonchev–Trinajstić information content (AvgIpc) is 2.77. The van der Waals surface area contributed by atoms with E-state index in [0.29, 0.717) is 5.11 Å². The molecular weight excluding hydrogens is 280 g/mol. The highest BCUT2D eigenvalue weighted by Gasteiger charge is 2.09. The van der Waals surface area contributed by atoms with Crippen molar-refractivity contribution in [1.29, 1.82) is 0 Å². The Bertz CT molecular complexity index is 462. The van der Waals surface area contributed by atoms with E-state index < -0.39 is 0 Å². The van der Waals surface area contributed by atoms with Gasteiger partial charge in [0.1, 0.15) is 0 Å². The van der Waals surface area contributed by atoms with Gasteiger partial charge in [-0.25, -0.2) is 0 Å². The second-order valence-corrected chi connectivity index (χ2v) is 5.63. The second-order valence-electron chi connectivity index (χ2n) is 5.22. The summed E-state index contributed by atoms with van der Waals surface area (Å²) < 4.78 is 0. The summed E-state index contributed by atoms with van der Waals surface area (Å²) in [5.41, 5.74) is 5.18. The molecule has 21 heavy (non-hydrogen) atoms. The number of hydrazone groups is 1. The predicted octanol–water partition coefficient (Wildman–Crippen LogP) is 2.88. The smallest absolute Gasteiger partial charge is 0.186 e. The number of nitrogens with zero attached hydrogens (tertiary/aromatic N) is 2. The molecular formula is C16H24N4S. The van der Waals surface area contributed by atoms with E-state index in [2.05, 4.69) is 45.0 Å². The number of hydrogen-bond donors (Lipinski definition) is 2. The summed E-state index contributed by atoms with van der Waals surface area (Å²) in [5.74, 6) is 0. The third-order valence-electron chi connectivity index (χ3n) is 3.58. The fourth-order valence-corrected chi connectivity index (χ4v) is 2.66. The van der Waals surface area contributed by atoms with Crippen LogP contribution in [0.1, 0.15) is 38.2 Å². The van der Waals surface area contributed by atoms with Crippen LogP contribution >= 0.6 is 12.2 Å². The summed E-state index contributed by atoms with van der Waals surface area (Å²) in [7, 11) is 0. The van der Waals surface area contributed by atoms with Gasteiger partial charge in [0.25, 0.3) is 0 Å². The van der Waals surface area contributed by atoms with Gasteiger partial charge in [0.2, 0.25) is 0 Å². The van der Waals surface area contributed by atoms with Gasteiger partial charge in [-0.1, -0.05) is 25.0 Å². The van der Waals surface area contributed by atoms with Crippen LogP contribution < -0.4 is 15.6 Å². The van der Waals surface area contributed by atoms with Crippen molar-refractivity contribution in [2.45, 2.75) is 32.6 Å². The van der Waals surface area contributed by atoms with Crippen LogP contribution in [0, 0.1) is 0 Å². The SMILES string of the molecule is CCNC(=S)N/N=C\c1ccc(N2CCCCCC2)cc1. The van der Waals surface area contributed by atoms with Gasteiger partial charge in [-0.05, 0) is 49.7 Å². The minimum Gasteiger partial charge on any atom is -0.372 e. The van der Waals surface area contributed by atoms with Crippen molar-refractivity contribution in [2.24, 2.45) is 5.10 Å². The van der Waals surface area contributed by atoms with Gasteiger partial charge in [-0.15, -0.1) is 0 Å². The largest absolute Gasteiger partial charge is 0.372 e. The van der Waals surface area contributed by atoms with Gasteiger partial charge in [0, 0.05) is 25.3 Å². The monoisotopic (exact) mass is 304 g/mol. The molecule has 114 valence electrons. The first kappa shape index (κ1) is 15.8. The van der Waals surface area contributed by atoms with Crippen LogP contribution in [0.25, 0.3) is 0 Å². The van der Waals surface area contributed by atoms with Crippen LogP contribution in [-0.2, 0) is 0 Å². The van der Waals surface area contributed by atoms with Crippen molar-refractivity contribution in [1.82, 2.24) is 10.7 Å². The standard InChI is InChI=1S/C16H24N4S/c1-2-17-16(21)19-18-13-14-7-9-15(10-8-14)20-11-5-3-4-6-12-20/h7-10,13H,2-6,11-12H2,1H3,(H2,17,19,21)/b18-13-. The van der Waals surface area contributed by atoms with Crippen LogP contribution in [0.4, 0.5) is 5.69 Å². The highest BCUT2D eigenvalue weighted by atomic mass is 32.1. The first-order valence-corrected chi connectivity index (χ1v) is 8.12. The molecule has 1 aromatic rings. The van der Waals surface area contributed by atoms with Crippen molar-refractivity contribution in [3.05, 3.63) is 29.8 Å². The lowest BCUT2D eigenvalue weighted by molar-refractivity contribution is 0.726. The van der Waals surface area contributed by atoms with Gasteiger partial charge in [-0.2, -0.15) is 5.10 Å². The number of rotatable bonds is 4. The average molecular weight is 304 g/mol. The minimum atomic E-state index is 0.551.